The molecular formula is C11H21NO4S. The lowest BCUT2D eigenvalue weighted by Gasteiger charge is -2.33. The fourth-order valence-corrected chi connectivity index (χ4v) is 3.23. The molecule has 0 aromatic rings. The predicted octanol–water partition coefficient (Wildman–Crippen LogP) is 0.750. The highest BCUT2D eigenvalue weighted by atomic mass is 32.2. The number of likely N-dealkylation sites (tertiary alicyclic amines) is 1. The Morgan fingerprint density at radius 3 is 2.53 bits per heavy atom. The van der Waals surface area contributed by atoms with Crippen molar-refractivity contribution in [2.75, 3.05) is 24.6 Å². The third kappa shape index (κ3) is 2.98. The van der Waals surface area contributed by atoms with E-state index in [1.165, 1.54) is 0 Å². The van der Waals surface area contributed by atoms with Crippen LogP contribution in [-0.4, -0.2) is 54.5 Å². The number of carbonyl (C=O) groups is 1. The quantitative estimate of drug-likeness (QED) is 0.765. The van der Waals surface area contributed by atoms with E-state index in [1.807, 2.05) is 11.8 Å². The van der Waals surface area contributed by atoms with Crippen LogP contribution in [0.1, 0.15) is 33.1 Å². The van der Waals surface area contributed by atoms with Crippen LogP contribution < -0.4 is 0 Å². The fourth-order valence-electron chi connectivity index (χ4n) is 2.45. The van der Waals surface area contributed by atoms with Crippen LogP contribution in [0.15, 0.2) is 0 Å². The van der Waals surface area contributed by atoms with Crippen LogP contribution in [0.5, 0.6) is 0 Å². The molecule has 0 amide bonds. The van der Waals surface area contributed by atoms with E-state index in [-0.39, 0.29) is 11.5 Å². The number of rotatable bonds is 6. The van der Waals surface area contributed by atoms with Crippen molar-refractivity contribution in [3.63, 3.8) is 0 Å². The molecule has 0 radical (unpaired) electrons. The van der Waals surface area contributed by atoms with E-state index in [1.54, 1.807) is 6.92 Å². The van der Waals surface area contributed by atoms with Gasteiger partial charge in [-0.05, 0) is 25.8 Å². The van der Waals surface area contributed by atoms with Crippen LogP contribution in [0, 0.1) is 0 Å². The molecule has 1 unspecified atom stereocenters. The first-order chi connectivity index (χ1) is 7.88. The lowest BCUT2D eigenvalue weighted by atomic mass is 9.93. The summed E-state index contributed by atoms with van der Waals surface area (Å²) < 4.78 is 22.9. The molecule has 1 aliphatic heterocycles. The molecule has 6 heteroatoms. The highest BCUT2D eigenvalue weighted by molar-refractivity contribution is 7.91. The molecule has 0 aromatic carbocycles. The number of hydrogen-bond acceptors (Lipinski definition) is 4. The summed E-state index contributed by atoms with van der Waals surface area (Å²) in [7, 11) is -3.03. The maximum atomic E-state index is 11.5. The molecule has 5 nitrogen and oxygen atoms in total. The molecule has 1 rings (SSSR count). The molecule has 0 aliphatic carbocycles. The minimum Gasteiger partial charge on any atom is -0.480 e. The summed E-state index contributed by atoms with van der Waals surface area (Å²) in [6.45, 7) is 4.47. The minimum absolute atomic E-state index is 0.0541. The summed E-state index contributed by atoms with van der Waals surface area (Å²) in [6, 6.07) is 0. The van der Waals surface area contributed by atoms with Crippen molar-refractivity contribution in [2.45, 2.75) is 38.6 Å². The summed E-state index contributed by atoms with van der Waals surface area (Å²) >= 11 is 0. The zero-order valence-electron chi connectivity index (χ0n) is 10.5. The van der Waals surface area contributed by atoms with Gasteiger partial charge in [0, 0.05) is 12.3 Å². The molecule has 1 heterocycles. The molecule has 0 aromatic heterocycles. The van der Waals surface area contributed by atoms with Crippen LogP contribution in [0.3, 0.4) is 0 Å². The molecule has 1 aliphatic rings. The van der Waals surface area contributed by atoms with Crippen LogP contribution >= 0.6 is 0 Å². The van der Waals surface area contributed by atoms with Crippen molar-refractivity contribution in [3.8, 4) is 0 Å². The Balaban J connectivity index is 2.73. The Labute approximate surface area is 103 Å². The van der Waals surface area contributed by atoms with Crippen molar-refractivity contribution in [1.82, 2.24) is 4.90 Å². The Hall–Kier alpha value is -0.620. The smallest absolute Gasteiger partial charge is 0.324 e. The SMILES string of the molecule is CCC1(C(=O)O)CCCN1CCS(=O)(=O)CC. The van der Waals surface area contributed by atoms with Gasteiger partial charge in [-0.1, -0.05) is 13.8 Å². The van der Waals surface area contributed by atoms with Crippen LogP contribution in [0.4, 0.5) is 0 Å². The summed E-state index contributed by atoms with van der Waals surface area (Å²) in [5.74, 6) is -0.655. The monoisotopic (exact) mass is 263 g/mol. The molecule has 1 fully saturated rings. The average Bonchev–Trinajstić information content (AvgIpc) is 2.70. The number of nitrogens with zero attached hydrogens (tertiary/aromatic N) is 1. The molecule has 17 heavy (non-hydrogen) atoms. The van der Waals surface area contributed by atoms with Gasteiger partial charge >= 0.3 is 5.97 Å². The lowest BCUT2D eigenvalue weighted by Crippen LogP contribution is -2.51. The van der Waals surface area contributed by atoms with Crippen LogP contribution in [0.25, 0.3) is 0 Å². The highest BCUT2D eigenvalue weighted by Gasteiger charge is 2.45. The van der Waals surface area contributed by atoms with Gasteiger partial charge in [-0.2, -0.15) is 0 Å². The second kappa shape index (κ2) is 5.35. The Kier molecular flexibility index (Phi) is 4.55. The number of sulfone groups is 1. The lowest BCUT2D eigenvalue weighted by molar-refractivity contribution is -0.149. The van der Waals surface area contributed by atoms with Crippen molar-refractivity contribution < 1.29 is 18.3 Å². The van der Waals surface area contributed by atoms with E-state index in [4.69, 9.17) is 0 Å². The fraction of sp³-hybridized carbons (Fsp3) is 0.909. The molecule has 0 bridgehead atoms. The van der Waals surface area contributed by atoms with E-state index in [2.05, 4.69) is 0 Å². The predicted molar refractivity (Wildman–Crippen MR) is 65.8 cm³/mol. The molecule has 1 saturated heterocycles. The number of aliphatic carboxylic acids is 1. The van der Waals surface area contributed by atoms with E-state index in [9.17, 15) is 18.3 Å². The first kappa shape index (κ1) is 14.4. The van der Waals surface area contributed by atoms with Crippen molar-refractivity contribution in [1.29, 1.82) is 0 Å². The molecule has 1 atom stereocenters. The van der Waals surface area contributed by atoms with E-state index in [0.29, 0.717) is 25.9 Å². The van der Waals surface area contributed by atoms with Crippen LogP contribution in [0.2, 0.25) is 0 Å². The van der Waals surface area contributed by atoms with Gasteiger partial charge in [-0.25, -0.2) is 8.42 Å². The van der Waals surface area contributed by atoms with Gasteiger partial charge < -0.3 is 5.11 Å². The normalized spacial score (nSPS) is 26.2. The first-order valence-electron chi connectivity index (χ1n) is 6.07. The largest absolute Gasteiger partial charge is 0.480 e. The Bertz CT molecular complexity index is 379. The minimum atomic E-state index is -3.03. The van der Waals surface area contributed by atoms with Gasteiger partial charge in [-0.3, -0.25) is 9.69 Å². The topological polar surface area (TPSA) is 74.7 Å². The Morgan fingerprint density at radius 1 is 1.41 bits per heavy atom. The van der Waals surface area contributed by atoms with Gasteiger partial charge in [0.1, 0.15) is 5.54 Å². The molecule has 0 spiro atoms. The standard InChI is InChI=1S/C11H21NO4S/c1-3-11(10(13)14)6-5-7-12(11)8-9-17(15,16)4-2/h3-9H2,1-2H3,(H,13,14). The van der Waals surface area contributed by atoms with Gasteiger partial charge in [0.2, 0.25) is 0 Å². The highest BCUT2D eigenvalue weighted by Crippen LogP contribution is 2.32. The van der Waals surface area contributed by atoms with Crippen molar-refractivity contribution in [2.24, 2.45) is 0 Å². The van der Waals surface area contributed by atoms with Gasteiger partial charge in [0.15, 0.2) is 9.84 Å². The average molecular weight is 263 g/mol. The van der Waals surface area contributed by atoms with E-state index >= 15 is 0 Å². The van der Waals surface area contributed by atoms with E-state index < -0.39 is 21.3 Å². The third-order valence-electron chi connectivity index (χ3n) is 3.72. The van der Waals surface area contributed by atoms with Crippen molar-refractivity contribution in [3.05, 3.63) is 0 Å². The maximum absolute atomic E-state index is 11.5. The summed E-state index contributed by atoms with van der Waals surface area (Å²) in [5.41, 5.74) is -0.844. The third-order valence-corrected chi connectivity index (χ3v) is 5.40. The summed E-state index contributed by atoms with van der Waals surface area (Å²) in [4.78, 5) is 13.2. The zero-order chi connectivity index (χ0) is 13.1. The van der Waals surface area contributed by atoms with Crippen LogP contribution in [-0.2, 0) is 14.6 Å². The number of hydrogen-bond donors (Lipinski definition) is 1. The first-order valence-corrected chi connectivity index (χ1v) is 7.89. The van der Waals surface area contributed by atoms with Gasteiger partial charge in [-0.15, -0.1) is 0 Å². The van der Waals surface area contributed by atoms with Crippen molar-refractivity contribution >= 4 is 15.8 Å². The number of carboxylic acids is 1. The molecule has 0 saturated carbocycles. The second-order valence-electron chi connectivity index (χ2n) is 4.52. The molecule has 100 valence electrons. The molecular weight excluding hydrogens is 242 g/mol. The van der Waals surface area contributed by atoms with E-state index in [0.717, 1.165) is 6.42 Å². The second-order valence-corrected chi connectivity index (χ2v) is 6.99. The zero-order valence-corrected chi connectivity index (χ0v) is 11.3. The Morgan fingerprint density at radius 2 is 2.06 bits per heavy atom. The number of carboxylic acid groups (broad SMARTS) is 1. The van der Waals surface area contributed by atoms with Gasteiger partial charge in [0.05, 0.1) is 5.75 Å². The maximum Gasteiger partial charge on any atom is 0.324 e. The summed E-state index contributed by atoms with van der Waals surface area (Å²) in [5, 5.41) is 9.33. The summed E-state index contributed by atoms with van der Waals surface area (Å²) in [6.07, 6.45) is 1.96. The van der Waals surface area contributed by atoms with Gasteiger partial charge in [0.25, 0.3) is 0 Å². The molecule has 1 N–H and O–H groups in total.